The van der Waals surface area contributed by atoms with Gasteiger partial charge in [0.1, 0.15) is 5.69 Å². The highest BCUT2D eigenvalue weighted by atomic mass is 16.3. The number of aryl methyl sites for hydroxylation is 1. The Hall–Kier alpha value is -2.99. The van der Waals surface area contributed by atoms with Crippen molar-refractivity contribution in [2.75, 3.05) is 0 Å². The molecule has 6 heteroatoms. The Morgan fingerprint density at radius 1 is 1.19 bits per heavy atom. The van der Waals surface area contributed by atoms with Crippen molar-refractivity contribution in [2.24, 2.45) is 11.7 Å². The third-order valence-electron chi connectivity index (χ3n) is 5.63. The number of aliphatic hydroxyl groups is 1. The Morgan fingerprint density at radius 2 is 2.04 bits per heavy atom. The predicted molar refractivity (Wildman–Crippen MR) is 95.3 cm³/mol. The summed E-state index contributed by atoms with van der Waals surface area (Å²) in [6, 6.07) is 11.7. The van der Waals surface area contributed by atoms with Crippen molar-refractivity contribution in [1.29, 1.82) is 0 Å². The molecular weight excluding hydrogens is 328 g/mol. The van der Waals surface area contributed by atoms with E-state index in [9.17, 15) is 9.90 Å². The third kappa shape index (κ3) is 2.05. The van der Waals surface area contributed by atoms with Gasteiger partial charge in [-0.3, -0.25) is 4.79 Å². The number of fused-ring (bicyclic) bond motifs is 4. The van der Waals surface area contributed by atoms with E-state index in [1.165, 1.54) is 11.1 Å². The normalized spacial score (nSPS) is 23.2. The maximum atomic E-state index is 11.4. The lowest BCUT2D eigenvalue weighted by Gasteiger charge is -2.34. The summed E-state index contributed by atoms with van der Waals surface area (Å²) in [5.74, 6) is -0.530. The summed E-state index contributed by atoms with van der Waals surface area (Å²) in [7, 11) is 0. The Bertz CT molecular complexity index is 1030. The zero-order chi connectivity index (χ0) is 17.8. The highest BCUT2D eigenvalue weighted by Crippen LogP contribution is 2.49. The van der Waals surface area contributed by atoms with E-state index in [0.29, 0.717) is 6.42 Å². The first-order valence-electron chi connectivity index (χ1n) is 8.74. The molecule has 3 aromatic rings. The van der Waals surface area contributed by atoms with Crippen LogP contribution in [0.5, 0.6) is 0 Å². The van der Waals surface area contributed by atoms with E-state index in [1.54, 1.807) is 12.1 Å². The van der Waals surface area contributed by atoms with Crippen LogP contribution in [0.25, 0.3) is 11.3 Å². The van der Waals surface area contributed by atoms with Crippen molar-refractivity contribution >= 4 is 5.91 Å². The Morgan fingerprint density at radius 3 is 2.88 bits per heavy atom. The predicted octanol–water partition coefficient (Wildman–Crippen LogP) is 2.24. The van der Waals surface area contributed by atoms with E-state index >= 15 is 0 Å². The first-order valence-corrected chi connectivity index (χ1v) is 8.74. The molecule has 26 heavy (non-hydrogen) atoms. The fraction of sp³-hybridized carbons (Fsp3) is 0.250. The van der Waals surface area contributed by atoms with Gasteiger partial charge in [-0.25, -0.2) is 9.97 Å². The number of pyridine rings is 1. The molecule has 6 nitrogen and oxygen atoms in total. The van der Waals surface area contributed by atoms with Gasteiger partial charge in [-0.15, -0.1) is 0 Å². The van der Waals surface area contributed by atoms with Gasteiger partial charge < -0.3 is 15.4 Å². The molecule has 1 amide bonds. The topological polar surface area (TPSA) is 94.0 Å². The molecule has 1 aliphatic heterocycles. The van der Waals surface area contributed by atoms with Gasteiger partial charge in [-0.05, 0) is 24.5 Å². The second-order valence-corrected chi connectivity index (χ2v) is 6.96. The van der Waals surface area contributed by atoms with E-state index < -0.39 is 12.0 Å². The van der Waals surface area contributed by atoms with Gasteiger partial charge in [0.25, 0.3) is 5.91 Å². The molecule has 0 spiro atoms. The molecule has 0 fully saturated rings. The Balaban J connectivity index is 1.57. The number of benzene rings is 1. The average Bonchev–Trinajstić information content (AvgIpc) is 3.23. The molecule has 1 unspecified atom stereocenters. The molecule has 3 N–H and O–H groups in total. The standard InChI is InChI=1S/C20H18N4O2/c21-20(26)16-8-5-13-15(23-16)7-6-14(19(13)25)18-12-4-2-1-3-11(12)17-9-22-10-24(17)18/h1-5,8-10,14,18-19,25H,6-7H2,(H2,21,26)/t14-,18?,19-/m0/s1. The Labute approximate surface area is 150 Å². The first kappa shape index (κ1) is 15.3. The van der Waals surface area contributed by atoms with E-state index in [0.717, 1.165) is 23.4 Å². The van der Waals surface area contributed by atoms with Gasteiger partial charge in [0.05, 0.1) is 30.4 Å². The van der Waals surface area contributed by atoms with Crippen molar-refractivity contribution in [3.63, 3.8) is 0 Å². The van der Waals surface area contributed by atoms with Gasteiger partial charge in [-0.2, -0.15) is 0 Å². The summed E-state index contributed by atoms with van der Waals surface area (Å²) >= 11 is 0. The zero-order valence-corrected chi connectivity index (χ0v) is 14.0. The fourth-order valence-electron chi connectivity index (χ4n) is 4.45. The molecule has 2 aliphatic rings. The van der Waals surface area contributed by atoms with Gasteiger partial charge in [0.2, 0.25) is 0 Å². The summed E-state index contributed by atoms with van der Waals surface area (Å²) in [6.07, 6.45) is 4.56. The van der Waals surface area contributed by atoms with Gasteiger partial charge >= 0.3 is 0 Å². The molecule has 0 saturated heterocycles. The zero-order valence-electron chi connectivity index (χ0n) is 14.0. The van der Waals surface area contributed by atoms with Crippen molar-refractivity contribution in [2.45, 2.75) is 25.0 Å². The summed E-state index contributed by atoms with van der Waals surface area (Å²) in [5, 5.41) is 11.1. The number of amides is 1. The van der Waals surface area contributed by atoms with Crippen molar-refractivity contribution in [1.82, 2.24) is 14.5 Å². The number of carbonyl (C=O) groups excluding carboxylic acids is 1. The van der Waals surface area contributed by atoms with E-state index in [2.05, 4.69) is 26.7 Å². The molecule has 1 aliphatic carbocycles. The van der Waals surface area contributed by atoms with Crippen LogP contribution in [0.1, 0.15) is 45.9 Å². The molecule has 0 bridgehead atoms. The minimum Gasteiger partial charge on any atom is -0.388 e. The van der Waals surface area contributed by atoms with Crippen LogP contribution < -0.4 is 5.73 Å². The monoisotopic (exact) mass is 346 g/mol. The number of nitrogens with zero attached hydrogens (tertiary/aromatic N) is 3. The van der Waals surface area contributed by atoms with Crippen molar-refractivity contribution in [3.05, 3.63) is 71.4 Å². The van der Waals surface area contributed by atoms with Crippen LogP contribution in [-0.4, -0.2) is 25.5 Å². The van der Waals surface area contributed by atoms with Crippen LogP contribution in [0, 0.1) is 5.92 Å². The highest BCUT2D eigenvalue weighted by molar-refractivity contribution is 5.90. The SMILES string of the molecule is NC(=O)c1ccc2c(n1)CC[C@@H](C1c3ccccc3-c3cncn31)[C@H]2O. The second-order valence-electron chi connectivity index (χ2n) is 6.96. The lowest BCUT2D eigenvalue weighted by molar-refractivity contribution is 0.0708. The van der Waals surface area contributed by atoms with Crippen LogP contribution in [0.3, 0.4) is 0 Å². The summed E-state index contributed by atoms with van der Waals surface area (Å²) < 4.78 is 2.16. The van der Waals surface area contributed by atoms with Crippen LogP contribution in [0.4, 0.5) is 0 Å². The molecule has 3 heterocycles. The minimum atomic E-state index is -0.653. The van der Waals surface area contributed by atoms with Crippen LogP contribution in [0.2, 0.25) is 0 Å². The van der Waals surface area contributed by atoms with Gasteiger partial charge in [0, 0.05) is 22.7 Å². The van der Waals surface area contributed by atoms with E-state index in [1.807, 2.05) is 24.7 Å². The number of hydrogen-bond donors (Lipinski definition) is 2. The van der Waals surface area contributed by atoms with E-state index in [4.69, 9.17) is 5.73 Å². The number of carbonyl (C=O) groups is 1. The smallest absolute Gasteiger partial charge is 0.267 e. The fourth-order valence-corrected chi connectivity index (χ4v) is 4.45. The van der Waals surface area contributed by atoms with Crippen LogP contribution in [0.15, 0.2) is 48.9 Å². The molecule has 1 aromatic carbocycles. The molecule has 130 valence electrons. The van der Waals surface area contributed by atoms with E-state index in [-0.39, 0.29) is 17.7 Å². The van der Waals surface area contributed by atoms with Crippen molar-refractivity contribution < 1.29 is 9.90 Å². The van der Waals surface area contributed by atoms with Gasteiger partial charge in [0.15, 0.2) is 0 Å². The highest BCUT2D eigenvalue weighted by Gasteiger charge is 2.40. The summed E-state index contributed by atoms with van der Waals surface area (Å²) in [4.78, 5) is 20.0. The maximum absolute atomic E-state index is 11.4. The quantitative estimate of drug-likeness (QED) is 0.744. The second kappa shape index (κ2) is 5.51. The van der Waals surface area contributed by atoms with Crippen LogP contribution in [-0.2, 0) is 6.42 Å². The summed E-state index contributed by atoms with van der Waals surface area (Å²) in [6.45, 7) is 0. The van der Waals surface area contributed by atoms with Gasteiger partial charge in [-0.1, -0.05) is 30.3 Å². The molecular formula is C20H18N4O2. The molecule has 2 aromatic heterocycles. The number of aromatic nitrogens is 3. The summed E-state index contributed by atoms with van der Waals surface area (Å²) in [5.41, 5.74) is 10.6. The number of imidazole rings is 1. The minimum absolute atomic E-state index is 0.0142. The largest absolute Gasteiger partial charge is 0.388 e. The number of hydrogen-bond acceptors (Lipinski definition) is 4. The maximum Gasteiger partial charge on any atom is 0.267 e. The third-order valence-corrected chi connectivity index (χ3v) is 5.63. The van der Waals surface area contributed by atoms with Crippen molar-refractivity contribution in [3.8, 4) is 11.3 Å². The number of rotatable bonds is 2. The molecule has 5 rings (SSSR count). The molecule has 0 saturated carbocycles. The lowest BCUT2D eigenvalue weighted by Crippen LogP contribution is -2.29. The number of primary amides is 1. The average molecular weight is 346 g/mol. The van der Waals surface area contributed by atoms with Crippen LogP contribution >= 0.6 is 0 Å². The molecule has 0 radical (unpaired) electrons. The first-order chi connectivity index (χ1) is 12.6. The molecule has 3 atom stereocenters. The lowest BCUT2D eigenvalue weighted by atomic mass is 9.77. The number of nitrogens with two attached hydrogens (primary N) is 1. The number of aliphatic hydroxyl groups excluding tert-OH is 1. The Kier molecular flexibility index (Phi) is 3.24.